The molecule has 0 aliphatic heterocycles. The molecule has 14 heavy (non-hydrogen) atoms. The summed E-state index contributed by atoms with van der Waals surface area (Å²) in [4.78, 5) is 0. The van der Waals surface area contributed by atoms with Gasteiger partial charge < -0.3 is 5.73 Å². The van der Waals surface area contributed by atoms with E-state index in [2.05, 4.69) is 0 Å². The van der Waals surface area contributed by atoms with E-state index in [9.17, 15) is 8.78 Å². The molecule has 2 aromatic rings. The molecule has 0 spiro atoms. The Balaban J connectivity index is 2.96. The van der Waals surface area contributed by atoms with Crippen LogP contribution in [0.2, 0.25) is 0 Å². The van der Waals surface area contributed by atoms with Crippen LogP contribution in [0, 0.1) is 23.0 Å². The molecule has 0 aliphatic rings. The smallest absolute Gasteiger partial charge is 0.176 e. The molecule has 0 bridgehead atoms. The summed E-state index contributed by atoms with van der Waals surface area (Å²) in [6.45, 7) is 0. The van der Waals surface area contributed by atoms with E-state index in [4.69, 9.17) is 11.0 Å². The summed E-state index contributed by atoms with van der Waals surface area (Å²) >= 11 is 0.884. The highest BCUT2D eigenvalue weighted by Crippen LogP contribution is 2.35. The van der Waals surface area contributed by atoms with Gasteiger partial charge in [0.15, 0.2) is 11.6 Å². The van der Waals surface area contributed by atoms with Crippen LogP contribution in [-0.4, -0.2) is 0 Å². The molecule has 0 amide bonds. The van der Waals surface area contributed by atoms with Crippen molar-refractivity contribution in [3.63, 3.8) is 0 Å². The lowest BCUT2D eigenvalue weighted by molar-refractivity contribution is 0.518. The van der Waals surface area contributed by atoms with Gasteiger partial charge in [-0.25, -0.2) is 8.78 Å². The number of rotatable bonds is 0. The Morgan fingerprint density at radius 2 is 2.07 bits per heavy atom. The minimum Gasteiger partial charge on any atom is -0.389 e. The average molecular weight is 210 g/mol. The Morgan fingerprint density at radius 3 is 2.71 bits per heavy atom. The third kappa shape index (κ3) is 1.05. The van der Waals surface area contributed by atoms with E-state index in [1.54, 1.807) is 0 Å². The van der Waals surface area contributed by atoms with Crippen molar-refractivity contribution in [2.75, 3.05) is 5.73 Å². The van der Waals surface area contributed by atoms with Crippen LogP contribution >= 0.6 is 11.3 Å². The quantitative estimate of drug-likeness (QED) is 0.726. The highest BCUT2D eigenvalue weighted by Gasteiger charge is 2.15. The van der Waals surface area contributed by atoms with Crippen LogP contribution in [0.5, 0.6) is 0 Å². The van der Waals surface area contributed by atoms with Crippen molar-refractivity contribution in [2.24, 2.45) is 0 Å². The third-order valence-corrected chi connectivity index (χ3v) is 2.92. The van der Waals surface area contributed by atoms with Gasteiger partial charge in [-0.2, -0.15) is 5.26 Å². The highest BCUT2D eigenvalue weighted by molar-refractivity contribution is 7.23. The number of nitriles is 1. The van der Waals surface area contributed by atoms with E-state index in [1.165, 1.54) is 6.07 Å². The van der Waals surface area contributed by atoms with Gasteiger partial charge in [-0.15, -0.1) is 11.3 Å². The molecule has 2 N–H and O–H groups in total. The number of nitrogens with zero attached hydrogens (tertiary/aromatic N) is 1. The van der Waals surface area contributed by atoms with E-state index in [1.807, 2.05) is 6.07 Å². The van der Waals surface area contributed by atoms with Crippen LogP contribution in [0.25, 0.3) is 10.1 Å². The molecule has 70 valence electrons. The van der Waals surface area contributed by atoms with Crippen LogP contribution in [0.1, 0.15) is 5.56 Å². The van der Waals surface area contributed by atoms with Crippen LogP contribution in [0.4, 0.5) is 13.8 Å². The number of halogens is 2. The molecule has 1 aromatic heterocycles. The molecular formula is C9H4F2N2S. The molecule has 0 saturated carbocycles. The van der Waals surface area contributed by atoms with Crippen molar-refractivity contribution in [1.29, 1.82) is 5.26 Å². The van der Waals surface area contributed by atoms with Crippen LogP contribution in [0.3, 0.4) is 0 Å². The molecule has 0 aliphatic carbocycles. The second kappa shape index (κ2) is 2.93. The van der Waals surface area contributed by atoms with Gasteiger partial charge in [0.25, 0.3) is 0 Å². The summed E-state index contributed by atoms with van der Waals surface area (Å²) in [7, 11) is 0. The Hall–Kier alpha value is -1.67. The molecule has 0 fully saturated rings. The summed E-state index contributed by atoms with van der Waals surface area (Å²) in [6.07, 6.45) is 0. The fourth-order valence-corrected chi connectivity index (χ4v) is 2.18. The minimum absolute atomic E-state index is 0.0963. The maximum Gasteiger partial charge on any atom is 0.176 e. The van der Waals surface area contributed by atoms with Gasteiger partial charge in [-0.05, 0) is 12.1 Å². The first-order valence-electron chi connectivity index (χ1n) is 3.71. The monoisotopic (exact) mass is 210 g/mol. The van der Waals surface area contributed by atoms with Gasteiger partial charge in [0.05, 0.1) is 10.3 Å². The SMILES string of the molecule is N#Cc1c(N)sc2c(F)c(F)ccc12. The first kappa shape index (κ1) is 8.91. The van der Waals surface area contributed by atoms with Crippen molar-refractivity contribution in [1.82, 2.24) is 0 Å². The number of nitrogens with two attached hydrogens (primary N) is 1. The standard InChI is InChI=1S/C9H4F2N2S/c10-6-2-1-4-5(3-12)9(13)14-8(4)7(6)11/h1-2H,13H2. The molecule has 2 rings (SSSR count). The zero-order valence-electron chi connectivity index (χ0n) is 6.84. The zero-order chi connectivity index (χ0) is 10.3. The summed E-state index contributed by atoms with van der Waals surface area (Å²) < 4.78 is 26.1. The molecule has 2 nitrogen and oxygen atoms in total. The Morgan fingerprint density at radius 1 is 1.36 bits per heavy atom. The number of anilines is 1. The molecule has 0 atom stereocenters. The topological polar surface area (TPSA) is 49.8 Å². The number of nitrogen functional groups attached to an aromatic ring is 1. The fourth-order valence-electron chi connectivity index (χ4n) is 1.24. The number of hydrogen-bond donors (Lipinski definition) is 1. The van der Waals surface area contributed by atoms with Gasteiger partial charge >= 0.3 is 0 Å². The fraction of sp³-hybridized carbons (Fsp3) is 0. The normalized spacial score (nSPS) is 10.4. The van der Waals surface area contributed by atoms with Crippen LogP contribution < -0.4 is 5.73 Å². The molecule has 0 unspecified atom stereocenters. The van der Waals surface area contributed by atoms with E-state index in [-0.39, 0.29) is 15.3 Å². The summed E-state index contributed by atoms with van der Waals surface area (Å²) in [5, 5.41) is 9.31. The Labute approximate surface area is 82.2 Å². The average Bonchev–Trinajstić information content (AvgIpc) is 2.49. The van der Waals surface area contributed by atoms with Gasteiger partial charge in [0.1, 0.15) is 11.1 Å². The molecular weight excluding hydrogens is 206 g/mol. The first-order valence-corrected chi connectivity index (χ1v) is 4.53. The second-order valence-corrected chi connectivity index (χ2v) is 3.74. The van der Waals surface area contributed by atoms with Gasteiger partial charge in [0, 0.05) is 5.39 Å². The van der Waals surface area contributed by atoms with Gasteiger partial charge in [-0.3, -0.25) is 0 Å². The zero-order valence-corrected chi connectivity index (χ0v) is 7.66. The minimum atomic E-state index is -0.944. The lowest BCUT2D eigenvalue weighted by Gasteiger charge is -1.93. The van der Waals surface area contributed by atoms with Crippen LogP contribution in [-0.2, 0) is 0 Å². The van der Waals surface area contributed by atoms with E-state index >= 15 is 0 Å². The maximum absolute atomic E-state index is 13.2. The van der Waals surface area contributed by atoms with E-state index < -0.39 is 11.6 Å². The number of hydrogen-bond acceptors (Lipinski definition) is 3. The Kier molecular flexibility index (Phi) is 1.86. The van der Waals surface area contributed by atoms with Crippen molar-refractivity contribution >= 4 is 26.4 Å². The third-order valence-electron chi connectivity index (χ3n) is 1.89. The highest BCUT2D eigenvalue weighted by atomic mass is 32.1. The van der Waals surface area contributed by atoms with E-state index in [0.29, 0.717) is 5.39 Å². The largest absolute Gasteiger partial charge is 0.389 e. The Bertz CT molecular complexity index is 554. The molecule has 1 aromatic carbocycles. The molecule has 1 heterocycles. The summed E-state index contributed by atoms with van der Waals surface area (Å²) in [5.74, 6) is -1.87. The van der Waals surface area contributed by atoms with Gasteiger partial charge in [0.2, 0.25) is 0 Å². The lowest BCUT2D eigenvalue weighted by atomic mass is 10.2. The number of thiophene rings is 1. The molecule has 0 saturated heterocycles. The van der Waals surface area contributed by atoms with Crippen LogP contribution in [0.15, 0.2) is 12.1 Å². The van der Waals surface area contributed by atoms with Crippen molar-refractivity contribution in [3.05, 3.63) is 29.3 Å². The predicted octanol–water partition coefficient (Wildman–Crippen LogP) is 2.63. The maximum atomic E-state index is 13.2. The summed E-state index contributed by atoms with van der Waals surface area (Å²) in [5.41, 5.74) is 5.70. The predicted molar refractivity (Wildman–Crippen MR) is 50.9 cm³/mol. The van der Waals surface area contributed by atoms with Crippen molar-refractivity contribution in [2.45, 2.75) is 0 Å². The summed E-state index contributed by atoms with van der Waals surface area (Å²) in [6, 6.07) is 4.21. The first-order chi connectivity index (χ1) is 6.65. The van der Waals surface area contributed by atoms with Crippen molar-refractivity contribution in [3.8, 4) is 6.07 Å². The van der Waals surface area contributed by atoms with Crippen molar-refractivity contribution < 1.29 is 8.78 Å². The molecule has 5 heteroatoms. The van der Waals surface area contributed by atoms with Gasteiger partial charge in [-0.1, -0.05) is 0 Å². The molecule has 0 radical (unpaired) electrons. The van der Waals surface area contributed by atoms with E-state index in [0.717, 1.165) is 17.4 Å². The number of fused-ring (bicyclic) bond motifs is 1. The number of benzene rings is 1. The second-order valence-electron chi connectivity index (χ2n) is 2.69. The lowest BCUT2D eigenvalue weighted by Crippen LogP contribution is -1.84.